The molecule has 0 aliphatic heterocycles. The Kier molecular flexibility index (Phi) is 2.57. The van der Waals surface area contributed by atoms with Crippen LogP contribution in [0.1, 0.15) is 10.5 Å². The van der Waals surface area contributed by atoms with Crippen molar-refractivity contribution in [1.29, 1.82) is 0 Å². The second kappa shape index (κ2) is 4.05. The molecule has 0 spiro atoms. The van der Waals surface area contributed by atoms with Gasteiger partial charge in [0, 0.05) is 18.0 Å². The lowest BCUT2D eigenvalue weighted by Gasteiger charge is -2.03. The number of carboxylic acid groups (broad SMARTS) is 2. The maximum Gasteiger partial charge on any atom is 0.418 e. The summed E-state index contributed by atoms with van der Waals surface area (Å²) in [7, 11) is 0. The van der Waals surface area contributed by atoms with E-state index in [0.29, 0.717) is 10.1 Å². The first-order chi connectivity index (χ1) is 8.11. The first-order valence-corrected chi connectivity index (χ1v) is 4.56. The number of nitrogens with zero attached hydrogens (tertiary/aromatic N) is 3. The van der Waals surface area contributed by atoms with Crippen molar-refractivity contribution in [3.8, 4) is 11.4 Å². The normalized spacial score (nSPS) is 10.1. The molecule has 0 aliphatic rings. The number of hydrogen-bond donors (Lipinski definition) is 2. The Bertz CT molecular complexity index is 576. The number of imidazole rings is 1. The SMILES string of the molecule is O=C(O)c1cnc(-c2ccncc2)n1C(=O)O. The van der Waals surface area contributed by atoms with Gasteiger partial charge in [-0.3, -0.25) is 4.98 Å². The molecular formula is C10H7N3O4. The zero-order valence-corrected chi connectivity index (χ0v) is 8.44. The molecule has 17 heavy (non-hydrogen) atoms. The number of rotatable bonds is 2. The van der Waals surface area contributed by atoms with Crippen LogP contribution in [0.3, 0.4) is 0 Å². The lowest BCUT2D eigenvalue weighted by Crippen LogP contribution is -2.16. The minimum atomic E-state index is -1.40. The molecule has 2 heterocycles. The molecule has 7 nitrogen and oxygen atoms in total. The van der Waals surface area contributed by atoms with Crippen molar-refractivity contribution in [2.45, 2.75) is 0 Å². The van der Waals surface area contributed by atoms with Crippen molar-refractivity contribution in [2.24, 2.45) is 0 Å². The minimum Gasteiger partial charge on any atom is -0.477 e. The third kappa shape index (κ3) is 1.85. The molecule has 0 bridgehead atoms. The lowest BCUT2D eigenvalue weighted by molar-refractivity contribution is 0.0684. The molecule has 2 N–H and O–H groups in total. The Morgan fingerprint density at radius 1 is 1.18 bits per heavy atom. The predicted molar refractivity (Wildman–Crippen MR) is 55.8 cm³/mol. The van der Waals surface area contributed by atoms with E-state index in [0.717, 1.165) is 6.20 Å². The van der Waals surface area contributed by atoms with Gasteiger partial charge in [-0.1, -0.05) is 0 Å². The van der Waals surface area contributed by atoms with Gasteiger partial charge < -0.3 is 10.2 Å². The summed E-state index contributed by atoms with van der Waals surface area (Å²) in [5.74, 6) is -1.29. The molecule has 0 aromatic carbocycles. The van der Waals surface area contributed by atoms with Gasteiger partial charge in [0.1, 0.15) is 5.82 Å². The molecule has 0 saturated heterocycles. The standard InChI is InChI=1S/C10H7N3O4/c14-9(15)7-5-12-8(13(7)10(16)17)6-1-3-11-4-2-6/h1-5H,(H,14,15)(H,16,17). The van der Waals surface area contributed by atoms with Crippen LogP contribution in [0, 0.1) is 0 Å². The highest BCUT2D eigenvalue weighted by atomic mass is 16.4. The predicted octanol–water partition coefficient (Wildman–Crippen LogP) is 1.17. The van der Waals surface area contributed by atoms with E-state index in [9.17, 15) is 9.59 Å². The van der Waals surface area contributed by atoms with Gasteiger partial charge in [0.15, 0.2) is 5.69 Å². The molecule has 0 radical (unpaired) electrons. The molecule has 0 amide bonds. The largest absolute Gasteiger partial charge is 0.477 e. The maximum absolute atomic E-state index is 11.0. The van der Waals surface area contributed by atoms with Crippen molar-refractivity contribution in [1.82, 2.24) is 14.5 Å². The molecule has 2 aromatic rings. The van der Waals surface area contributed by atoms with Gasteiger partial charge in [-0.15, -0.1) is 0 Å². The Balaban J connectivity index is 2.64. The van der Waals surface area contributed by atoms with Crippen LogP contribution in [0.5, 0.6) is 0 Å². The Morgan fingerprint density at radius 2 is 1.82 bits per heavy atom. The van der Waals surface area contributed by atoms with Gasteiger partial charge in [0.25, 0.3) is 0 Å². The van der Waals surface area contributed by atoms with Crippen LogP contribution in [0.2, 0.25) is 0 Å². The van der Waals surface area contributed by atoms with Gasteiger partial charge in [0.05, 0.1) is 6.20 Å². The van der Waals surface area contributed by atoms with Crippen LogP contribution >= 0.6 is 0 Å². The van der Waals surface area contributed by atoms with Crippen molar-refractivity contribution < 1.29 is 19.8 Å². The average molecular weight is 233 g/mol. The number of carbonyl (C=O) groups is 2. The molecule has 0 fully saturated rings. The Morgan fingerprint density at radius 3 is 2.35 bits per heavy atom. The zero-order valence-electron chi connectivity index (χ0n) is 8.44. The lowest BCUT2D eigenvalue weighted by atomic mass is 10.2. The second-order valence-corrected chi connectivity index (χ2v) is 3.13. The van der Waals surface area contributed by atoms with Gasteiger partial charge in [0.2, 0.25) is 0 Å². The highest BCUT2D eigenvalue weighted by Crippen LogP contribution is 2.18. The van der Waals surface area contributed by atoms with Crippen LogP contribution < -0.4 is 0 Å². The van der Waals surface area contributed by atoms with E-state index >= 15 is 0 Å². The van der Waals surface area contributed by atoms with Crippen molar-refractivity contribution in [3.05, 3.63) is 36.4 Å². The van der Waals surface area contributed by atoms with Crippen LogP contribution in [0.15, 0.2) is 30.7 Å². The molecule has 0 unspecified atom stereocenters. The molecule has 2 aromatic heterocycles. The second-order valence-electron chi connectivity index (χ2n) is 3.13. The van der Waals surface area contributed by atoms with Crippen molar-refractivity contribution >= 4 is 12.1 Å². The molecule has 86 valence electrons. The third-order valence-corrected chi connectivity index (χ3v) is 2.11. The summed E-state index contributed by atoms with van der Waals surface area (Å²) in [5, 5.41) is 17.8. The van der Waals surface area contributed by atoms with E-state index in [1.807, 2.05) is 0 Å². The summed E-state index contributed by atoms with van der Waals surface area (Å²) in [6.07, 6.45) is 2.55. The number of aromatic carboxylic acids is 1. The topological polar surface area (TPSA) is 105 Å². The van der Waals surface area contributed by atoms with Crippen LogP contribution in [0.25, 0.3) is 11.4 Å². The zero-order chi connectivity index (χ0) is 12.4. The molecule has 0 atom stereocenters. The highest BCUT2D eigenvalue weighted by molar-refractivity contribution is 5.92. The monoisotopic (exact) mass is 233 g/mol. The Labute approximate surface area is 95.0 Å². The number of carboxylic acids is 1. The first kappa shape index (κ1) is 10.8. The fourth-order valence-corrected chi connectivity index (χ4v) is 1.40. The molecule has 2 rings (SSSR count). The quantitative estimate of drug-likeness (QED) is 0.806. The van der Waals surface area contributed by atoms with Crippen LogP contribution in [-0.2, 0) is 0 Å². The fraction of sp³-hybridized carbons (Fsp3) is 0. The molecule has 0 aliphatic carbocycles. The summed E-state index contributed by atoms with van der Waals surface area (Å²) in [6.45, 7) is 0. The van der Waals surface area contributed by atoms with Crippen LogP contribution in [-0.4, -0.2) is 36.8 Å². The van der Waals surface area contributed by atoms with E-state index < -0.39 is 17.8 Å². The van der Waals surface area contributed by atoms with Gasteiger partial charge >= 0.3 is 12.1 Å². The van der Waals surface area contributed by atoms with Gasteiger partial charge in [-0.25, -0.2) is 19.1 Å². The van der Waals surface area contributed by atoms with E-state index in [4.69, 9.17) is 10.2 Å². The van der Waals surface area contributed by atoms with Gasteiger partial charge in [-0.2, -0.15) is 0 Å². The summed E-state index contributed by atoms with van der Waals surface area (Å²) in [6, 6.07) is 3.10. The molecule has 7 heteroatoms. The molecular weight excluding hydrogens is 226 g/mol. The number of hydrogen-bond acceptors (Lipinski definition) is 4. The first-order valence-electron chi connectivity index (χ1n) is 4.56. The number of aromatic nitrogens is 3. The smallest absolute Gasteiger partial charge is 0.418 e. The summed E-state index contributed by atoms with van der Waals surface area (Å²) >= 11 is 0. The summed E-state index contributed by atoms with van der Waals surface area (Å²) in [4.78, 5) is 29.4. The van der Waals surface area contributed by atoms with E-state index in [-0.39, 0.29) is 5.82 Å². The maximum atomic E-state index is 11.0. The van der Waals surface area contributed by atoms with E-state index in [1.165, 1.54) is 12.4 Å². The third-order valence-electron chi connectivity index (χ3n) is 2.11. The van der Waals surface area contributed by atoms with E-state index in [1.54, 1.807) is 12.1 Å². The van der Waals surface area contributed by atoms with E-state index in [2.05, 4.69) is 9.97 Å². The summed E-state index contributed by atoms with van der Waals surface area (Å²) in [5.41, 5.74) is 0.0826. The molecule has 0 saturated carbocycles. The minimum absolute atomic E-state index is 0.0531. The average Bonchev–Trinajstić information content (AvgIpc) is 2.74. The Hall–Kier alpha value is -2.70. The van der Waals surface area contributed by atoms with Crippen molar-refractivity contribution in [2.75, 3.05) is 0 Å². The highest BCUT2D eigenvalue weighted by Gasteiger charge is 2.21. The fourth-order valence-electron chi connectivity index (χ4n) is 1.40. The number of pyridine rings is 1. The summed E-state index contributed by atoms with van der Waals surface area (Å²) < 4.78 is 0.623. The van der Waals surface area contributed by atoms with Gasteiger partial charge in [-0.05, 0) is 12.1 Å². The van der Waals surface area contributed by atoms with Crippen LogP contribution in [0.4, 0.5) is 4.79 Å². The van der Waals surface area contributed by atoms with Crippen molar-refractivity contribution in [3.63, 3.8) is 0 Å².